The molecule has 2 aromatic rings. The van der Waals surface area contributed by atoms with Gasteiger partial charge in [0.15, 0.2) is 0 Å². The lowest BCUT2D eigenvalue weighted by Crippen LogP contribution is -2.45. The zero-order valence-corrected chi connectivity index (χ0v) is 15.0. The Balaban J connectivity index is 1.54. The molecule has 0 fully saturated rings. The van der Waals surface area contributed by atoms with E-state index in [1.807, 2.05) is 43.7 Å². The maximum atomic E-state index is 12.2. The van der Waals surface area contributed by atoms with Crippen molar-refractivity contribution in [1.82, 2.24) is 25.4 Å². The SMILES string of the molecule is CCOc1cc(C)ccc1CNC(=O)N[C@@H]1CCc2nc(C)nn2C1. The molecule has 0 radical (unpaired) electrons. The van der Waals surface area contributed by atoms with Crippen molar-refractivity contribution < 1.29 is 9.53 Å². The van der Waals surface area contributed by atoms with Gasteiger partial charge >= 0.3 is 6.03 Å². The highest BCUT2D eigenvalue weighted by Crippen LogP contribution is 2.20. The summed E-state index contributed by atoms with van der Waals surface area (Å²) in [5, 5.41) is 10.3. The Morgan fingerprint density at radius 1 is 1.40 bits per heavy atom. The summed E-state index contributed by atoms with van der Waals surface area (Å²) >= 11 is 0. The van der Waals surface area contributed by atoms with Crippen molar-refractivity contribution in [1.29, 1.82) is 0 Å². The molecular formula is C18H25N5O2. The van der Waals surface area contributed by atoms with E-state index in [0.717, 1.165) is 41.4 Å². The predicted octanol–water partition coefficient (Wildman–Crippen LogP) is 2.11. The van der Waals surface area contributed by atoms with Crippen LogP contribution in [0.2, 0.25) is 0 Å². The van der Waals surface area contributed by atoms with Gasteiger partial charge in [-0.15, -0.1) is 0 Å². The molecule has 3 rings (SSSR count). The minimum atomic E-state index is -0.173. The van der Waals surface area contributed by atoms with E-state index in [9.17, 15) is 4.79 Å². The Hall–Kier alpha value is -2.57. The van der Waals surface area contributed by atoms with Gasteiger partial charge in [-0.25, -0.2) is 14.5 Å². The van der Waals surface area contributed by atoms with Gasteiger partial charge in [-0.1, -0.05) is 12.1 Å². The van der Waals surface area contributed by atoms with Crippen molar-refractivity contribution in [2.24, 2.45) is 0 Å². The topological polar surface area (TPSA) is 81.1 Å². The van der Waals surface area contributed by atoms with E-state index in [1.165, 1.54) is 0 Å². The van der Waals surface area contributed by atoms with E-state index < -0.39 is 0 Å². The van der Waals surface area contributed by atoms with Gasteiger partial charge < -0.3 is 15.4 Å². The molecule has 7 nitrogen and oxygen atoms in total. The molecule has 0 unspecified atom stereocenters. The first-order valence-corrected chi connectivity index (χ1v) is 8.72. The lowest BCUT2D eigenvalue weighted by atomic mass is 10.1. The molecule has 134 valence electrons. The first-order chi connectivity index (χ1) is 12.0. The van der Waals surface area contributed by atoms with Gasteiger partial charge in [-0.3, -0.25) is 0 Å². The van der Waals surface area contributed by atoms with Crippen LogP contribution in [0, 0.1) is 13.8 Å². The predicted molar refractivity (Wildman–Crippen MR) is 94.6 cm³/mol. The zero-order valence-electron chi connectivity index (χ0n) is 15.0. The average molecular weight is 343 g/mol. The number of aromatic nitrogens is 3. The fourth-order valence-electron chi connectivity index (χ4n) is 3.06. The summed E-state index contributed by atoms with van der Waals surface area (Å²) in [5.41, 5.74) is 2.11. The zero-order chi connectivity index (χ0) is 17.8. The van der Waals surface area contributed by atoms with Crippen LogP contribution in [0.15, 0.2) is 18.2 Å². The van der Waals surface area contributed by atoms with Crippen LogP contribution in [0.1, 0.15) is 36.1 Å². The van der Waals surface area contributed by atoms with Crippen molar-refractivity contribution in [3.63, 3.8) is 0 Å². The van der Waals surface area contributed by atoms with E-state index in [1.54, 1.807) is 0 Å². The fourth-order valence-corrected chi connectivity index (χ4v) is 3.06. The average Bonchev–Trinajstić information content (AvgIpc) is 2.94. The molecule has 25 heavy (non-hydrogen) atoms. The van der Waals surface area contributed by atoms with Gasteiger partial charge in [0.2, 0.25) is 0 Å². The number of fused-ring (bicyclic) bond motifs is 1. The first kappa shape index (κ1) is 17.3. The third-order valence-electron chi connectivity index (χ3n) is 4.26. The van der Waals surface area contributed by atoms with Gasteiger partial charge in [-0.2, -0.15) is 5.10 Å². The molecule has 2 amide bonds. The number of aryl methyl sites for hydroxylation is 3. The highest BCUT2D eigenvalue weighted by Gasteiger charge is 2.22. The van der Waals surface area contributed by atoms with Crippen LogP contribution in [-0.2, 0) is 19.5 Å². The molecule has 2 N–H and O–H groups in total. The first-order valence-electron chi connectivity index (χ1n) is 8.72. The van der Waals surface area contributed by atoms with Crippen LogP contribution in [-0.4, -0.2) is 33.4 Å². The molecule has 1 aliphatic rings. The van der Waals surface area contributed by atoms with Crippen LogP contribution in [0.25, 0.3) is 0 Å². The number of urea groups is 1. The number of hydrogen-bond acceptors (Lipinski definition) is 4. The highest BCUT2D eigenvalue weighted by molar-refractivity contribution is 5.74. The highest BCUT2D eigenvalue weighted by atomic mass is 16.5. The minimum Gasteiger partial charge on any atom is -0.494 e. The Bertz CT molecular complexity index is 756. The van der Waals surface area contributed by atoms with E-state index in [-0.39, 0.29) is 12.1 Å². The molecule has 1 aromatic heterocycles. The van der Waals surface area contributed by atoms with E-state index in [2.05, 4.69) is 20.7 Å². The molecule has 0 bridgehead atoms. The summed E-state index contributed by atoms with van der Waals surface area (Å²) in [4.78, 5) is 16.6. The lowest BCUT2D eigenvalue weighted by Gasteiger charge is -2.23. The van der Waals surface area contributed by atoms with E-state index in [4.69, 9.17) is 4.74 Å². The monoisotopic (exact) mass is 343 g/mol. The second kappa shape index (κ2) is 7.55. The van der Waals surface area contributed by atoms with E-state index >= 15 is 0 Å². The normalized spacial score (nSPS) is 16.2. The van der Waals surface area contributed by atoms with Crippen molar-refractivity contribution in [3.8, 4) is 5.75 Å². The lowest BCUT2D eigenvalue weighted by molar-refractivity contribution is 0.231. The van der Waals surface area contributed by atoms with E-state index in [0.29, 0.717) is 19.7 Å². The summed E-state index contributed by atoms with van der Waals surface area (Å²) in [7, 11) is 0. The molecule has 0 saturated heterocycles. The summed E-state index contributed by atoms with van der Waals surface area (Å²) in [6.07, 6.45) is 1.71. The van der Waals surface area contributed by atoms with Crippen molar-refractivity contribution >= 4 is 6.03 Å². The van der Waals surface area contributed by atoms with Crippen LogP contribution in [0.4, 0.5) is 4.79 Å². The second-order valence-corrected chi connectivity index (χ2v) is 6.36. The largest absolute Gasteiger partial charge is 0.494 e. The van der Waals surface area contributed by atoms with Gasteiger partial charge in [-0.05, 0) is 38.8 Å². The maximum Gasteiger partial charge on any atom is 0.315 e. The second-order valence-electron chi connectivity index (χ2n) is 6.36. The molecule has 0 saturated carbocycles. The van der Waals surface area contributed by atoms with Gasteiger partial charge in [0, 0.05) is 18.5 Å². The summed E-state index contributed by atoms with van der Waals surface area (Å²) in [5.74, 6) is 2.60. The number of carbonyl (C=O) groups excluding carboxylic acids is 1. The molecule has 1 aliphatic heterocycles. The van der Waals surface area contributed by atoms with Crippen LogP contribution in [0.5, 0.6) is 5.75 Å². The van der Waals surface area contributed by atoms with Crippen LogP contribution >= 0.6 is 0 Å². The smallest absolute Gasteiger partial charge is 0.315 e. The third kappa shape index (κ3) is 4.29. The molecule has 2 heterocycles. The number of nitrogens with one attached hydrogen (secondary N) is 2. The molecule has 0 spiro atoms. The minimum absolute atomic E-state index is 0.0676. The van der Waals surface area contributed by atoms with Gasteiger partial charge in [0.05, 0.1) is 19.2 Å². The number of benzene rings is 1. The molecule has 1 aromatic carbocycles. The molecule has 1 atom stereocenters. The van der Waals surface area contributed by atoms with Crippen molar-refractivity contribution in [2.75, 3.05) is 6.61 Å². The Labute approximate surface area is 147 Å². The third-order valence-corrected chi connectivity index (χ3v) is 4.26. The Kier molecular flexibility index (Phi) is 5.21. The standard InChI is InChI=1S/C18H25N5O2/c1-4-25-16-9-12(2)5-6-14(16)10-19-18(24)21-15-7-8-17-20-13(3)22-23(17)11-15/h5-6,9,15H,4,7-8,10-11H2,1-3H3,(H2,19,21,24)/t15-/m1/s1. The Morgan fingerprint density at radius 2 is 2.24 bits per heavy atom. The number of nitrogens with zero attached hydrogens (tertiary/aromatic N) is 3. The molecular weight excluding hydrogens is 318 g/mol. The number of hydrogen-bond donors (Lipinski definition) is 2. The quantitative estimate of drug-likeness (QED) is 0.871. The Morgan fingerprint density at radius 3 is 3.04 bits per heavy atom. The number of ether oxygens (including phenoxy) is 1. The summed E-state index contributed by atoms with van der Waals surface area (Å²) in [6.45, 7) is 7.56. The van der Waals surface area contributed by atoms with Gasteiger partial charge in [0.25, 0.3) is 0 Å². The van der Waals surface area contributed by atoms with Crippen LogP contribution in [0.3, 0.4) is 0 Å². The van der Waals surface area contributed by atoms with Crippen molar-refractivity contribution in [3.05, 3.63) is 41.0 Å². The number of rotatable bonds is 5. The number of carbonyl (C=O) groups is 1. The van der Waals surface area contributed by atoms with Gasteiger partial charge in [0.1, 0.15) is 17.4 Å². The van der Waals surface area contributed by atoms with Crippen LogP contribution < -0.4 is 15.4 Å². The van der Waals surface area contributed by atoms with Crippen molar-refractivity contribution in [2.45, 2.75) is 52.7 Å². The fraction of sp³-hybridized carbons (Fsp3) is 0.500. The maximum absolute atomic E-state index is 12.2. The summed E-state index contributed by atoms with van der Waals surface area (Å²) < 4.78 is 7.54. The molecule has 0 aliphatic carbocycles. The molecule has 7 heteroatoms. The number of amides is 2. The summed E-state index contributed by atoms with van der Waals surface area (Å²) in [6, 6.07) is 5.90.